The van der Waals surface area contributed by atoms with Gasteiger partial charge in [-0.05, 0) is 26.2 Å². The number of Topliss-reactive ketones (excluding diaryl/α,β-unsaturated/α-hetero) is 1. The average molecular weight is 298 g/mol. The Hall–Kier alpha value is -1.82. The Morgan fingerprint density at radius 2 is 2.00 bits per heavy atom. The minimum Gasteiger partial charge on any atom is -0.289 e. The molecule has 3 heteroatoms. The van der Waals surface area contributed by atoms with Gasteiger partial charge >= 0.3 is 0 Å². The number of ketones is 1. The highest BCUT2D eigenvalue weighted by molar-refractivity contribution is 6.10. The third kappa shape index (κ3) is 3.50. The molecule has 0 N–H and O–H groups in total. The average Bonchev–Trinajstić information content (AvgIpc) is 2.55. The molecule has 1 unspecified atom stereocenters. The highest BCUT2D eigenvalue weighted by atomic mass is 16.1. The highest BCUT2D eigenvalue weighted by Crippen LogP contribution is 2.34. The van der Waals surface area contributed by atoms with Crippen LogP contribution in [0.2, 0.25) is 0 Å². The lowest BCUT2D eigenvalue weighted by Crippen LogP contribution is -2.41. The first-order chi connectivity index (χ1) is 10.7. The highest BCUT2D eigenvalue weighted by Gasteiger charge is 2.35. The van der Waals surface area contributed by atoms with Crippen molar-refractivity contribution in [1.29, 1.82) is 5.26 Å². The van der Waals surface area contributed by atoms with E-state index in [1.165, 1.54) is 32.1 Å². The number of unbranched alkanes of at least 4 members (excludes halogenated alkanes) is 5. The third-order valence-electron chi connectivity index (χ3n) is 4.64. The molecule has 118 valence electrons. The van der Waals surface area contributed by atoms with Crippen LogP contribution in [-0.4, -0.2) is 16.7 Å². The summed E-state index contributed by atoms with van der Waals surface area (Å²) in [6.07, 6.45) is 17.1. The van der Waals surface area contributed by atoms with Gasteiger partial charge in [0.05, 0.1) is 6.04 Å². The van der Waals surface area contributed by atoms with Crippen LogP contribution in [0.15, 0.2) is 35.1 Å². The first-order valence-electron chi connectivity index (χ1n) is 8.50. The minimum atomic E-state index is -0.0821. The molecule has 0 radical (unpaired) electrons. The van der Waals surface area contributed by atoms with Crippen molar-refractivity contribution in [2.24, 2.45) is 0 Å². The predicted octanol–water partition coefficient (Wildman–Crippen LogP) is 4.63. The van der Waals surface area contributed by atoms with Gasteiger partial charge in [-0.1, -0.05) is 57.3 Å². The number of carbonyl (C=O) groups excluding carboxylic acids is 1. The van der Waals surface area contributed by atoms with Crippen LogP contribution in [0.5, 0.6) is 0 Å². The maximum atomic E-state index is 12.5. The molecule has 0 fully saturated rings. The third-order valence-corrected chi connectivity index (χ3v) is 4.64. The van der Waals surface area contributed by atoms with Gasteiger partial charge in [0.25, 0.3) is 0 Å². The van der Waals surface area contributed by atoms with E-state index in [0.29, 0.717) is 0 Å². The normalized spacial score (nSPS) is 20.8. The fourth-order valence-electron chi connectivity index (χ4n) is 3.32. The number of nitrogens with zero attached hydrogens (tertiary/aromatic N) is 2. The van der Waals surface area contributed by atoms with Gasteiger partial charge < -0.3 is 0 Å². The zero-order valence-corrected chi connectivity index (χ0v) is 13.8. The first kappa shape index (κ1) is 16.5. The van der Waals surface area contributed by atoms with Gasteiger partial charge in [-0.3, -0.25) is 9.69 Å². The van der Waals surface area contributed by atoms with E-state index < -0.39 is 0 Å². The number of rotatable bonds is 7. The van der Waals surface area contributed by atoms with Crippen LogP contribution in [-0.2, 0) is 4.79 Å². The number of allylic oxidation sites excluding steroid dienone is 4. The predicted molar refractivity (Wildman–Crippen MR) is 88.8 cm³/mol. The molecule has 0 aromatic carbocycles. The quantitative estimate of drug-likeness (QED) is 0.508. The van der Waals surface area contributed by atoms with Crippen LogP contribution in [0, 0.1) is 11.5 Å². The Bertz CT molecular complexity index is 548. The summed E-state index contributed by atoms with van der Waals surface area (Å²) >= 11 is 0. The van der Waals surface area contributed by atoms with Crippen LogP contribution >= 0.6 is 0 Å². The summed E-state index contributed by atoms with van der Waals surface area (Å²) in [7, 11) is 0. The Labute approximate surface area is 134 Å². The molecule has 0 saturated carbocycles. The zero-order chi connectivity index (χ0) is 15.9. The van der Waals surface area contributed by atoms with Crippen molar-refractivity contribution in [2.75, 3.05) is 0 Å². The van der Waals surface area contributed by atoms with Crippen LogP contribution in [0.4, 0.5) is 0 Å². The molecular weight excluding hydrogens is 272 g/mol. The molecule has 1 aliphatic carbocycles. The minimum absolute atomic E-state index is 0.0821. The van der Waals surface area contributed by atoms with Gasteiger partial charge in [0.1, 0.15) is 0 Å². The zero-order valence-electron chi connectivity index (χ0n) is 13.8. The topological polar surface area (TPSA) is 44.1 Å². The molecule has 2 aliphatic rings. The second-order valence-electron chi connectivity index (χ2n) is 6.19. The summed E-state index contributed by atoms with van der Waals surface area (Å²) in [5.74, 6) is 0.127. The van der Waals surface area contributed by atoms with Crippen LogP contribution in [0.1, 0.15) is 65.2 Å². The Morgan fingerprint density at radius 1 is 1.27 bits per heavy atom. The summed E-state index contributed by atoms with van der Waals surface area (Å²) in [5.41, 5.74) is 2.47. The van der Waals surface area contributed by atoms with Crippen molar-refractivity contribution in [3.8, 4) is 6.19 Å². The van der Waals surface area contributed by atoms with Gasteiger partial charge in [-0.15, -0.1) is 0 Å². The van der Waals surface area contributed by atoms with Crippen molar-refractivity contribution >= 4 is 5.78 Å². The molecule has 1 aliphatic heterocycles. The van der Waals surface area contributed by atoms with E-state index in [4.69, 9.17) is 0 Å². The molecule has 0 amide bonds. The summed E-state index contributed by atoms with van der Waals surface area (Å²) in [5, 5.41) is 9.56. The van der Waals surface area contributed by atoms with E-state index in [1.54, 1.807) is 4.90 Å². The van der Waals surface area contributed by atoms with E-state index in [-0.39, 0.29) is 11.8 Å². The van der Waals surface area contributed by atoms with Crippen molar-refractivity contribution in [3.63, 3.8) is 0 Å². The van der Waals surface area contributed by atoms with E-state index in [1.807, 2.05) is 25.2 Å². The fourth-order valence-corrected chi connectivity index (χ4v) is 3.32. The molecule has 0 spiro atoms. The summed E-state index contributed by atoms with van der Waals surface area (Å²) < 4.78 is 0. The van der Waals surface area contributed by atoms with Crippen molar-refractivity contribution < 1.29 is 4.79 Å². The van der Waals surface area contributed by atoms with Gasteiger partial charge in [-0.25, -0.2) is 0 Å². The van der Waals surface area contributed by atoms with Crippen molar-refractivity contribution in [1.82, 2.24) is 4.90 Å². The lowest BCUT2D eigenvalue weighted by molar-refractivity contribution is -0.113. The number of carbonyl (C=O) groups is 1. The molecule has 1 heterocycles. The molecule has 1 atom stereocenters. The molecule has 3 nitrogen and oxygen atoms in total. The monoisotopic (exact) mass is 298 g/mol. The van der Waals surface area contributed by atoms with Crippen LogP contribution in [0.3, 0.4) is 0 Å². The van der Waals surface area contributed by atoms with E-state index in [9.17, 15) is 10.1 Å². The lowest BCUT2D eigenvalue weighted by atomic mass is 9.85. The van der Waals surface area contributed by atoms with E-state index in [2.05, 4.69) is 13.1 Å². The summed E-state index contributed by atoms with van der Waals surface area (Å²) in [4.78, 5) is 14.3. The largest absolute Gasteiger partial charge is 0.289 e. The molecule has 2 rings (SSSR count). The molecule has 0 bridgehead atoms. The summed E-state index contributed by atoms with van der Waals surface area (Å²) in [6, 6.07) is -0.0821. The van der Waals surface area contributed by atoms with Crippen LogP contribution in [0.25, 0.3) is 0 Å². The first-order valence-corrected chi connectivity index (χ1v) is 8.50. The molecular formula is C19H26N2O. The Balaban J connectivity index is 2.03. The van der Waals surface area contributed by atoms with Gasteiger partial charge in [0.15, 0.2) is 12.0 Å². The van der Waals surface area contributed by atoms with Gasteiger partial charge in [0, 0.05) is 16.8 Å². The second kappa shape index (κ2) is 7.98. The molecule has 0 saturated heterocycles. The standard InChI is InChI=1S/C19H26N2O/c1-3-4-5-6-7-8-12-17-15(2)19(22)16-11-9-10-13-18(16)21(17)14-20/h9-11,18H,3-8,12-13H2,1-2H3. The lowest BCUT2D eigenvalue weighted by Gasteiger charge is -2.36. The fraction of sp³-hybridized carbons (Fsp3) is 0.579. The van der Waals surface area contributed by atoms with Crippen molar-refractivity contribution in [2.45, 2.75) is 71.3 Å². The molecule has 0 aromatic heterocycles. The second-order valence-corrected chi connectivity index (χ2v) is 6.19. The Morgan fingerprint density at radius 3 is 2.73 bits per heavy atom. The SMILES string of the molecule is CCCCCCCCC1=C(C)C(=O)C2=CC=CCC2N1C#N. The van der Waals surface area contributed by atoms with Crippen LogP contribution < -0.4 is 0 Å². The molecule has 0 aromatic rings. The maximum Gasteiger partial charge on any atom is 0.188 e. The van der Waals surface area contributed by atoms with E-state index in [0.717, 1.165) is 36.1 Å². The number of hydrogen-bond donors (Lipinski definition) is 0. The van der Waals surface area contributed by atoms with E-state index >= 15 is 0 Å². The number of nitriles is 1. The molecule has 22 heavy (non-hydrogen) atoms. The Kier molecular flexibility index (Phi) is 6.00. The maximum absolute atomic E-state index is 12.5. The smallest absolute Gasteiger partial charge is 0.188 e. The van der Waals surface area contributed by atoms with Gasteiger partial charge in [-0.2, -0.15) is 5.26 Å². The number of fused-ring (bicyclic) bond motifs is 1. The number of hydrogen-bond acceptors (Lipinski definition) is 3. The summed E-state index contributed by atoms with van der Waals surface area (Å²) in [6.45, 7) is 4.09. The van der Waals surface area contributed by atoms with Gasteiger partial charge in [0.2, 0.25) is 0 Å². The van der Waals surface area contributed by atoms with Crippen molar-refractivity contribution in [3.05, 3.63) is 35.1 Å².